The summed E-state index contributed by atoms with van der Waals surface area (Å²) in [7, 11) is 4.96. The molecule has 1 aliphatic heterocycles. The number of aromatic nitrogens is 2. The molecule has 0 spiro atoms. The number of methoxy groups -OCH3 is 2. The van der Waals surface area contributed by atoms with Crippen molar-refractivity contribution in [2.24, 2.45) is 0 Å². The van der Waals surface area contributed by atoms with E-state index in [2.05, 4.69) is 21.7 Å². The smallest absolute Gasteiger partial charge is 0.328 e. The molecule has 33 heavy (non-hydrogen) atoms. The maximum Gasteiger partial charge on any atom is 0.328 e. The van der Waals surface area contributed by atoms with E-state index in [-0.39, 0.29) is 12.1 Å². The number of rotatable bonds is 8. The first kappa shape index (κ1) is 24.4. The Labute approximate surface area is 193 Å². The highest BCUT2D eigenvalue weighted by molar-refractivity contribution is 6.01. The van der Waals surface area contributed by atoms with Gasteiger partial charge in [0.2, 0.25) is 6.29 Å². The Bertz CT molecular complexity index is 1030. The molecule has 176 valence electrons. The van der Waals surface area contributed by atoms with E-state index in [1.807, 2.05) is 27.0 Å². The molecule has 0 atom stereocenters. The van der Waals surface area contributed by atoms with E-state index in [1.165, 1.54) is 6.20 Å². The number of amides is 2. The van der Waals surface area contributed by atoms with Crippen LogP contribution in [0.4, 0.5) is 16.4 Å². The highest BCUT2D eigenvalue weighted by Gasteiger charge is 2.28. The number of aryl methyl sites for hydroxylation is 1. The van der Waals surface area contributed by atoms with Crippen LogP contribution < -0.4 is 20.3 Å². The fraction of sp³-hybridized carbons (Fsp3) is 0.478. The van der Waals surface area contributed by atoms with Gasteiger partial charge in [0.25, 0.3) is 0 Å². The number of hydrogen-bond donors (Lipinski definition) is 2. The molecule has 1 aliphatic rings. The predicted octanol–water partition coefficient (Wildman–Crippen LogP) is 3.13. The van der Waals surface area contributed by atoms with Gasteiger partial charge in [-0.2, -0.15) is 5.26 Å². The quantitative estimate of drug-likeness (QED) is 0.584. The van der Waals surface area contributed by atoms with Gasteiger partial charge in [0.1, 0.15) is 34.7 Å². The maximum absolute atomic E-state index is 13.2. The van der Waals surface area contributed by atoms with Crippen LogP contribution in [0.5, 0.6) is 5.75 Å². The molecule has 10 heteroatoms. The number of urea groups is 1. The molecule has 0 fully saturated rings. The lowest BCUT2D eigenvalue weighted by molar-refractivity contribution is -0.109. The molecule has 3 rings (SSSR count). The van der Waals surface area contributed by atoms with Gasteiger partial charge >= 0.3 is 6.03 Å². The molecular weight excluding hydrogens is 424 g/mol. The van der Waals surface area contributed by atoms with E-state index in [0.717, 1.165) is 24.0 Å². The van der Waals surface area contributed by atoms with E-state index >= 15 is 0 Å². The number of nitriles is 1. The lowest BCUT2D eigenvalue weighted by Crippen LogP contribution is -2.40. The normalized spacial score (nSPS) is 13.1. The van der Waals surface area contributed by atoms with Gasteiger partial charge in [-0.1, -0.05) is 0 Å². The number of anilines is 2. The predicted molar refractivity (Wildman–Crippen MR) is 123 cm³/mol. The standard InChI is InChI=1S/C23H30N6O4/c1-14(2)33-18-10-19(26-13-17(18)11-24)27-23(30)29-8-6-7-15-9-16(12-25-3)20(28-21(15)29)22(31-4)32-5/h9-10,13-14,22,25H,6-8,12H2,1-5H3,(H,26,27,30). The van der Waals surface area contributed by atoms with E-state index < -0.39 is 6.29 Å². The molecule has 0 aliphatic carbocycles. The highest BCUT2D eigenvalue weighted by atomic mass is 16.7. The summed E-state index contributed by atoms with van der Waals surface area (Å²) in [4.78, 5) is 23.8. The number of ether oxygens (including phenoxy) is 3. The summed E-state index contributed by atoms with van der Waals surface area (Å²) >= 11 is 0. The Morgan fingerprint density at radius 3 is 2.70 bits per heavy atom. The van der Waals surface area contributed by atoms with E-state index in [0.29, 0.717) is 41.7 Å². The van der Waals surface area contributed by atoms with Gasteiger partial charge in [0, 0.05) is 33.4 Å². The van der Waals surface area contributed by atoms with Gasteiger partial charge in [-0.05, 0) is 50.9 Å². The third-order valence-corrected chi connectivity index (χ3v) is 5.12. The molecule has 2 amide bonds. The van der Waals surface area contributed by atoms with Crippen molar-refractivity contribution < 1.29 is 19.0 Å². The summed E-state index contributed by atoms with van der Waals surface area (Å²) in [6.45, 7) is 4.83. The van der Waals surface area contributed by atoms with Crippen molar-refractivity contribution >= 4 is 17.7 Å². The first-order chi connectivity index (χ1) is 15.9. The number of carbonyl (C=O) groups is 1. The molecule has 0 unspecified atom stereocenters. The number of pyridine rings is 2. The van der Waals surface area contributed by atoms with Crippen LogP contribution in [0.2, 0.25) is 0 Å². The molecule has 2 aromatic rings. The molecule has 2 aromatic heterocycles. The van der Waals surface area contributed by atoms with Crippen LogP contribution in [0.25, 0.3) is 0 Å². The maximum atomic E-state index is 13.2. The van der Waals surface area contributed by atoms with Crippen molar-refractivity contribution in [3.63, 3.8) is 0 Å². The van der Waals surface area contributed by atoms with E-state index in [4.69, 9.17) is 19.2 Å². The van der Waals surface area contributed by atoms with Crippen LogP contribution in [-0.2, 0) is 22.4 Å². The summed E-state index contributed by atoms with van der Waals surface area (Å²) in [5, 5.41) is 15.2. The zero-order valence-electron chi connectivity index (χ0n) is 19.6. The minimum absolute atomic E-state index is 0.124. The topological polar surface area (TPSA) is 122 Å². The van der Waals surface area contributed by atoms with Crippen LogP contribution in [-0.4, -0.2) is 49.9 Å². The number of hydrogen-bond acceptors (Lipinski definition) is 8. The Balaban J connectivity index is 1.92. The third-order valence-electron chi connectivity index (χ3n) is 5.12. The average molecular weight is 455 g/mol. The van der Waals surface area contributed by atoms with Crippen molar-refractivity contribution in [1.29, 1.82) is 5.26 Å². The summed E-state index contributed by atoms with van der Waals surface area (Å²) < 4.78 is 16.6. The van der Waals surface area contributed by atoms with Crippen LogP contribution in [0.3, 0.4) is 0 Å². The Morgan fingerprint density at radius 1 is 1.30 bits per heavy atom. The average Bonchev–Trinajstić information content (AvgIpc) is 2.79. The number of carbonyl (C=O) groups excluding carboxylic acids is 1. The van der Waals surface area contributed by atoms with Gasteiger partial charge in [0.05, 0.1) is 12.3 Å². The van der Waals surface area contributed by atoms with Gasteiger partial charge < -0.3 is 19.5 Å². The first-order valence-electron chi connectivity index (χ1n) is 10.8. The van der Waals surface area contributed by atoms with Gasteiger partial charge in [-0.3, -0.25) is 10.2 Å². The van der Waals surface area contributed by atoms with Crippen molar-refractivity contribution in [3.8, 4) is 11.8 Å². The summed E-state index contributed by atoms with van der Waals surface area (Å²) in [5.74, 6) is 1.23. The van der Waals surface area contributed by atoms with Gasteiger partial charge in [-0.25, -0.2) is 14.8 Å². The SMILES string of the molecule is CNCc1cc2c(nc1C(OC)OC)N(C(=O)Nc1cc(OC(C)C)c(C#N)cn1)CCC2. The monoisotopic (exact) mass is 454 g/mol. The molecular formula is C23H30N6O4. The van der Waals surface area contributed by atoms with Crippen LogP contribution in [0.15, 0.2) is 18.3 Å². The molecule has 2 N–H and O–H groups in total. The molecule has 0 saturated carbocycles. The van der Waals surface area contributed by atoms with E-state index in [1.54, 1.807) is 25.2 Å². The van der Waals surface area contributed by atoms with Crippen molar-refractivity contribution in [3.05, 3.63) is 40.7 Å². The Hall–Kier alpha value is -3.26. The first-order valence-corrected chi connectivity index (χ1v) is 10.8. The van der Waals surface area contributed by atoms with Crippen LogP contribution in [0.1, 0.15) is 48.9 Å². The lowest BCUT2D eigenvalue weighted by Gasteiger charge is -2.30. The second-order valence-corrected chi connectivity index (χ2v) is 7.88. The highest BCUT2D eigenvalue weighted by Crippen LogP contribution is 2.31. The van der Waals surface area contributed by atoms with Crippen LogP contribution >= 0.6 is 0 Å². The third kappa shape index (κ3) is 5.57. The second-order valence-electron chi connectivity index (χ2n) is 7.88. The zero-order chi connectivity index (χ0) is 24.0. The van der Waals surface area contributed by atoms with Crippen molar-refractivity contribution in [1.82, 2.24) is 15.3 Å². The summed E-state index contributed by atoms with van der Waals surface area (Å²) in [6, 6.07) is 5.29. The fourth-order valence-electron chi connectivity index (χ4n) is 3.73. The molecule has 0 saturated heterocycles. The minimum atomic E-state index is -0.651. The second kappa shape index (κ2) is 11.0. The summed E-state index contributed by atoms with van der Waals surface area (Å²) in [5.41, 5.74) is 2.86. The van der Waals surface area contributed by atoms with Crippen molar-refractivity contribution in [2.45, 2.75) is 45.6 Å². The lowest BCUT2D eigenvalue weighted by atomic mass is 10.0. The minimum Gasteiger partial charge on any atom is -0.489 e. The molecule has 10 nitrogen and oxygen atoms in total. The molecule has 0 radical (unpaired) electrons. The largest absolute Gasteiger partial charge is 0.489 e. The number of nitrogens with one attached hydrogen (secondary N) is 2. The Kier molecular flexibility index (Phi) is 8.16. The van der Waals surface area contributed by atoms with E-state index in [9.17, 15) is 10.1 Å². The molecule has 3 heterocycles. The fourth-order valence-corrected chi connectivity index (χ4v) is 3.73. The molecule has 0 bridgehead atoms. The number of nitrogens with zero attached hydrogens (tertiary/aromatic N) is 4. The molecule has 0 aromatic carbocycles. The van der Waals surface area contributed by atoms with Crippen molar-refractivity contribution in [2.75, 3.05) is 38.0 Å². The van der Waals surface area contributed by atoms with Crippen LogP contribution in [0, 0.1) is 11.3 Å². The van der Waals surface area contributed by atoms with Gasteiger partial charge in [-0.15, -0.1) is 0 Å². The van der Waals surface area contributed by atoms with Gasteiger partial charge in [0.15, 0.2) is 0 Å². The summed E-state index contributed by atoms with van der Waals surface area (Å²) in [6.07, 6.45) is 2.23. The Morgan fingerprint density at radius 2 is 2.06 bits per heavy atom. The zero-order valence-corrected chi connectivity index (χ0v) is 19.6. The number of fused-ring (bicyclic) bond motifs is 1.